The Morgan fingerprint density at radius 2 is 1.86 bits per heavy atom. The molecule has 2 nitrogen and oxygen atoms in total. The van der Waals surface area contributed by atoms with Gasteiger partial charge >= 0.3 is 0 Å². The van der Waals surface area contributed by atoms with Crippen LogP contribution in [0.3, 0.4) is 0 Å². The zero-order chi connectivity index (χ0) is 16.4. The molecule has 1 amide bonds. The number of halogens is 3. The molecule has 22 heavy (non-hydrogen) atoms. The normalized spacial score (nSPS) is 10.9. The van der Waals surface area contributed by atoms with E-state index >= 15 is 0 Å². The zero-order valence-electron chi connectivity index (χ0n) is 12.5. The van der Waals surface area contributed by atoms with Crippen molar-refractivity contribution >= 4 is 27.5 Å². The highest BCUT2D eigenvalue weighted by atomic mass is 79.9. The second-order valence-electron chi connectivity index (χ2n) is 5.41. The lowest BCUT2D eigenvalue weighted by atomic mass is 10.0. The molecular weight excluding hydrogens is 352 g/mol. The molecule has 0 aliphatic rings. The smallest absolute Gasteiger partial charge is 0.258 e. The lowest BCUT2D eigenvalue weighted by Crippen LogP contribution is -2.15. The van der Waals surface area contributed by atoms with Gasteiger partial charge in [0.15, 0.2) is 0 Å². The van der Waals surface area contributed by atoms with E-state index in [9.17, 15) is 13.6 Å². The maximum Gasteiger partial charge on any atom is 0.258 e. The monoisotopic (exact) mass is 367 g/mol. The van der Waals surface area contributed by atoms with Crippen molar-refractivity contribution in [3.05, 3.63) is 63.1 Å². The Morgan fingerprint density at radius 1 is 1.18 bits per heavy atom. The fourth-order valence-electron chi connectivity index (χ4n) is 2.04. The number of nitrogens with one attached hydrogen (secondary N) is 1. The third-order valence-electron chi connectivity index (χ3n) is 3.46. The standard InChI is InChI=1S/C17H16BrF2NO/c1-9(2)11-4-5-13(15(20)6-11)17(22)21-16-8-12(19)7-14(18)10(16)3/h4-9H,1-3H3,(H,21,22). The van der Waals surface area contributed by atoms with Crippen molar-refractivity contribution in [2.24, 2.45) is 0 Å². The van der Waals surface area contributed by atoms with E-state index in [-0.39, 0.29) is 11.5 Å². The highest BCUT2D eigenvalue weighted by molar-refractivity contribution is 9.10. The summed E-state index contributed by atoms with van der Waals surface area (Å²) in [6, 6.07) is 7.04. The lowest BCUT2D eigenvalue weighted by Gasteiger charge is -2.12. The molecule has 2 aromatic carbocycles. The van der Waals surface area contributed by atoms with Crippen LogP contribution in [-0.2, 0) is 0 Å². The molecule has 5 heteroatoms. The number of hydrogen-bond acceptors (Lipinski definition) is 1. The Balaban J connectivity index is 2.30. The SMILES string of the molecule is Cc1c(Br)cc(F)cc1NC(=O)c1ccc(C(C)C)cc1F. The van der Waals surface area contributed by atoms with Gasteiger partial charge in [-0.15, -0.1) is 0 Å². The third kappa shape index (κ3) is 3.53. The van der Waals surface area contributed by atoms with E-state index in [4.69, 9.17) is 0 Å². The number of rotatable bonds is 3. The molecule has 0 atom stereocenters. The molecule has 0 heterocycles. The van der Waals surface area contributed by atoms with Crippen LogP contribution in [0, 0.1) is 18.6 Å². The van der Waals surface area contributed by atoms with E-state index in [2.05, 4.69) is 21.2 Å². The lowest BCUT2D eigenvalue weighted by molar-refractivity contribution is 0.102. The number of anilines is 1. The summed E-state index contributed by atoms with van der Waals surface area (Å²) in [5, 5.41) is 2.55. The summed E-state index contributed by atoms with van der Waals surface area (Å²) < 4.78 is 28.0. The van der Waals surface area contributed by atoms with Crippen molar-refractivity contribution in [3.8, 4) is 0 Å². The fourth-order valence-corrected chi connectivity index (χ4v) is 2.47. The minimum Gasteiger partial charge on any atom is -0.322 e. The molecule has 0 aromatic heterocycles. The molecule has 0 aliphatic heterocycles. The molecule has 2 rings (SSSR count). The molecule has 0 spiro atoms. The first kappa shape index (κ1) is 16.6. The van der Waals surface area contributed by atoms with Crippen LogP contribution in [0.15, 0.2) is 34.8 Å². The fraction of sp³-hybridized carbons (Fsp3) is 0.235. The number of hydrogen-bond donors (Lipinski definition) is 1. The van der Waals surface area contributed by atoms with Gasteiger partial charge in [0.1, 0.15) is 11.6 Å². The van der Waals surface area contributed by atoms with Gasteiger partial charge in [-0.25, -0.2) is 8.78 Å². The summed E-state index contributed by atoms with van der Waals surface area (Å²) in [4.78, 5) is 12.2. The summed E-state index contributed by atoms with van der Waals surface area (Å²) >= 11 is 3.22. The molecule has 0 saturated heterocycles. The first-order valence-corrected chi connectivity index (χ1v) is 7.65. The Bertz CT molecular complexity index is 729. The minimum absolute atomic E-state index is 0.0656. The van der Waals surface area contributed by atoms with E-state index < -0.39 is 17.5 Å². The second kappa shape index (κ2) is 6.57. The van der Waals surface area contributed by atoms with Crippen molar-refractivity contribution in [1.82, 2.24) is 0 Å². The number of carbonyl (C=O) groups is 1. The number of amides is 1. The van der Waals surface area contributed by atoms with Gasteiger partial charge in [-0.2, -0.15) is 0 Å². The Hall–Kier alpha value is -1.75. The molecular formula is C17H16BrF2NO. The van der Waals surface area contributed by atoms with Gasteiger partial charge in [-0.1, -0.05) is 35.8 Å². The second-order valence-corrected chi connectivity index (χ2v) is 6.26. The quantitative estimate of drug-likeness (QED) is 0.771. The molecule has 0 aliphatic carbocycles. The molecule has 0 fully saturated rings. The number of benzene rings is 2. The van der Waals surface area contributed by atoms with Crippen LogP contribution >= 0.6 is 15.9 Å². The van der Waals surface area contributed by atoms with E-state index in [0.717, 1.165) is 5.56 Å². The highest BCUT2D eigenvalue weighted by Gasteiger charge is 2.15. The molecule has 0 radical (unpaired) electrons. The molecule has 0 saturated carbocycles. The molecule has 1 N–H and O–H groups in total. The van der Waals surface area contributed by atoms with Crippen LogP contribution in [0.25, 0.3) is 0 Å². The Morgan fingerprint density at radius 3 is 2.45 bits per heavy atom. The largest absolute Gasteiger partial charge is 0.322 e. The van der Waals surface area contributed by atoms with E-state index in [1.54, 1.807) is 13.0 Å². The van der Waals surface area contributed by atoms with E-state index in [0.29, 0.717) is 15.7 Å². The molecule has 0 bridgehead atoms. The topological polar surface area (TPSA) is 29.1 Å². The molecule has 2 aromatic rings. The van der Waals surface area contributed by atoms with Crippen LogP contribution < -0.4 is 5.32 Å². The van der Waals surface area contributed by atoms with Gasteiger partial charge in [0.2, 0.25) is 0 Å². The predicted octanol–water partition coefficient (Wildman–Crippen LogP) is 5.41. The van der Waals surface area contributed by atoms with Crippen molar-refractivity contribution in [3.63, 3.8) is 0 Å². The average molecular weight is 368 g/mol. The Kier molecular flexibility index (Phi) is 4.96. The predicted molar refractivity (Wildman–Crippen MR) is 87.3 cm³/mol. The summed E-state index contributed by atoms with van der Waals surface area (Å²) in [5.74, 6) is -1.50. The summed E-state index contributed by atoms with van der Waals surface area (Å²) in [7, 11) is 0. The zero-order valence-corrected chi connectivity index (χ0v) is 14.1. The van der Waals surface area contributed by atoms with Crippen molar-refractivity contribution in [2.45, 2.75) is 26.7 Å². The summed E-state index contributed by atoms with van der Waals surface area (Å²) in [6.07, 6.45) is 0. The van der Waals surface area contributed by atoms with E-state index in [1.165, 1.54) is 24.3 Å². The van der Waals surface area contributed by atoms with Crippen molar-refractivity contribution < 1.29 is 13.6 Å². The van der Waals surface area contributed by atoms with Gasteiger partial charge in [0.25, 0.3) is 5.91 Å². The third-order valence-corrected chi connectivity index (χ3v) is 4.29. The van der Waals surface area contributed by atoms with Crippen molar-refractivity contribution in [1.29, 1.82) is 0 Å². The van der Waals surface area contributed by atoms with Crippen LogP contribution in [0.4, 0.5) is 14.5 Å². The summed E-state index contributed by atoms with van der Waals surface area (Å²) in [6.45, 7) is 5.63. The highest BCUT2D eigenvalue weighted by Crippen LogP contribution is 2.26. The maximum atomic E-state index is 14.1. The Labute approximate surface area is 136 Å². The molecule has 0 unspecified atom stereocenters. The first-order chi connectivity index (χ1) is 10.3. The van der Waals surface area contributed by atoms with E-state index in [1.807, 2.05) is 13.8 Å². The first-order valence-electron chi connectivity index (χ1n) is 6.86. The van der Waals surface area contributed by atoms with Gasteiger partial charge in [0, 0.05) is 10.2 Å². The van der Waals surface area contributed by atoms with Crippen LogP contribution in [0.5, 0.6) is 0 Å². The van der Waals surface area contributed by atoms with Gasteiger partial charge < -0.3 is 5.32 Å². The number of carbonyl (C=O) groups excluding carboxylic acids is 1. The minimum atomic E-state index is -0.603. The van der Waals surface area contributed by atoms with Crippen LogP contribution in [-0.4, -0.2) is 5.91 Å². The van der Waals surface area contributed by atoms with Crippen LogP contribution in [0.1, 0.15) is 41.3 Å². The maximum absolute atomic E-state index is 14.1. The van der Waals surface area contributed by atoms with Gasteiger partial charge in [0.05, 0.1) is 5.56 Å². The van der Waals surface area contributed by atoms with Gasteiger partial charge in [-0.3, -0.25) is 4.79 Å². The van der Waals surface area contributed by atoms with Gasteiger partial charge in [-0.05, 0) is 48.2 Å². The molecule has 116 valence electrons. The average Bonchev–Trinajstić information content (AvgIpc) is 2.43. The summed E-state index contributed by atoms with van der Waals surface area (Å²) in [5.41, 5.74) is 1.74. The van der Waals surface area contributed by atoms with Crippen LogP contribution in [0.2, 0.25) is 0 Å². The van der Waals surface area contributed by atoms with Crippen molar-refractivity contribution in [2.75, 3.05) is 5.32 Å².